The van der Waals surface area contributed by atoms with Gasteiger partial charge in [-0.15, -0.1) is 0 Å². The molecule has 4 aromatic rings. The molecule has 4 rings (SSSR count). The van der Waals surface area contributed by atoms with Gasteiger partial charge in [0, 0.05) is 17.3 Å². The molecule has 2 aromatic carbocycles. The molecule has 0 fully saturated rings. The number of halogens is 4. The van der Waals surface area contributed by atoms with Crippen molar-refractivity contribution < 1.29 is 13.2 Å². The molecule has 0 aliphatic heterocycles. The minimum atomic E-state index is -4.42. The molecule has 0 bridgehead atoms. The van der Waals surface area contributed by atoms with Crippen LogP contribution in [0.2, 0.25) is 5.02 Å². The number of nitrogens with zero attached hydrogens (tertiary/aromatic N) is 4. The highest BCUT2D eigenvalue weighted by molar-refractivity contribution is 7.98. The van der Waals surface area contributed by atoms with E-state index in [-0.39, 0.29) is 17.9 Å². The van der Waals surface area contributed by atoms with Crippen molar-refractivity contribution in [2.24, 2.45) is 0 Å². The zero-order valence-electron chi connectivity index (χ0n) is 17.9. The molecule has 0 saturated carbocycles. The second-order valence-corrected chi connectivity index (χ2v) is 8.88. The molecule has 0 amide bonds. The average Bonchev–Trinajstić information content (AvgIpc) is 3.11. The minimum Gasteiger partial charge on any atom is -0.281 e. The number of rotatable bonds is 6. The second kappa shape index (κ2) is 9.23. The minimum absolute atomic E-state index is 0.226. The molecule has 33 heavy (non-hydrogen) atoms. The van der Waals surface area contributed by atoms with Crippen LogP contribution in [0.15, 0.2) is 58.5 Å². The summed E-state index contributed by atoms with van der Waals surface area (Å²) >= 11 is 7.20. The first kappa shape index (κ1) is 23.4. The number of aromatic nitrogens is 4. The summed E-state index contributed by atoms with van der Waals surface area (Å²) in [5, 5.41) is 5.41. The van der Waals surface area contributed by atoms with Gasteiger partial charge in [0.1, 0.15) is 5.52 Å². The van der Waals surface area contributed by atoms with Gasteiger partial charge >= 0.3 is 6.18 Å². The predicted molar refractivity (Wildman–Crippen MR) is 124 cm³/mol. The lowest BCUT2D eigenvalue weighted by atomic mass is 10.1. The van der Waals surface area contributed by atoms with E-state index in [4.69, 9.17) is 16.6 Å². The van der Waals surface area contributed by atoms with Gasteiger partial charge in [0.2, 0.25) is 0 Å². The number of benzene rings is 2. The van der Waals surface area contributed by atoms with Crippen molar-refractivity contribution in [3.63, 3.8) is 0 Å². The summed E-state index contributed by atoms with van der Waals surface area (Å²) in [7, 11) is 0. The van der Waals surface area contributed by atoms with Crippen LogP contribution in [-0.4, -0.2) is 19.3 Å². The highest BCUT2D eigenvalue weighted by atomic mass is 35.5. The van der Waals surface area contributed by atoms with Crippen LogP contribution in [0, 0.1) is 6.92 Å². The molecular weight excluding hydrogens is 473 g/mol. The lowest BCUT2D eigenvalue weighted by Gasteiger charge is -2.13. The standard InChI is InChI=1S/C23H20ClF3N4OS/c1-3-31-20-19(14(2)29-31)28-22(30(21(20)32)12-15-7-9-18(24)10-8-15)33-13-16-5-4-6-17(11-16)23(25,26)27/h4-11H,3,12-13H2,1-2H3. The first-order chi connectivity index (χ1) is 15.7. The largest absolute Gasteiger partial charge is 0.416 e. The van der Waals surface area contributed by atoms with Gasteiger partial charge in [0.25, 0.3) is 5.56 Å². The Morgan fingerprint density at radius 1 is 1.09 bits per heavy atom. The zero-order valence-corrected chi connectivity index (χ0v) is 19.4. The first-order valence-electron chi connectivity index (χ1n) is 10.2. The SMILES string of the molecule is CCn1nc(C)c2nc(SCc3cccc(C(F)(F)F)c3)n(Cc3ccc(Cl)cc3)c(=O)c21. The topological polar surface area (TPSA) is 52.7 Å². The third kappa shape index (κ3) is 4.94. The Bertz CT molecular complexity index is 1360. The quantitative estimate of drug-likeness (QED) is 0.247. The van der Waals surface area contributed by atoms with Gasteiger partial charge in [-0.25, -0.2) is 4.98 Å². The number of fused-ring (bicyclic) bond motifs is 1. The Labute approximate surface area is 197 Å². The fraction of sp³-hybridized carbons (Fsp3) is 0.261. The fourth-order valence-electron chi connectivity index (χ4n) is 3.52. The summed E-state index contributed by atoms with van der Waals surface area (Å²) in [5.41, 5.74) is 1.93. The van der Waals surface area contributed by atoms with Crippen LogP contribution in [0.5, 0.6) is 0 Å². The number of hydrogen-bond donors (Lipinski definition) is 0. The third-order valence-electron chi connectivity index (χ3n) is 5.16. The summed E-state index contributed by atoms with van der Waals surface area (Å²) in [6.45, 7) is 4.44. The van der Waals surface area contributed by atoms with E-state index in [2.05, 4.69) is 5.10 Å². The Morgan fingerprint density at radius 2 is 1.82 bits per heavy atom. The van der Waals surface area contributed by atoms with E-state index < -0.39 is 11.7 Å². The summed E-state index contributed by atoms with van der Waals surface area (Å²) in [6.07, 6.45) is -4.42. The van der Waals surface area contributed by atoms with Crippen molar-refractivity contribution in [3.8, 4) is 0 Å². The van der Waals surface area contributed by atoms with E-state index in [1.807, 2.05) is 19.1 Å². The molecule has 172 valence electrons. The molecule has 0 atom stereocenters. The lowest BCUT2D eigenvalue weighted by molar-refractivity contribution is -0.137. The molecule has 0 unspecified atom stereocenters. The van der Waals surface area contributed by atoms with Crippen molar-refractivity contribution in [1.82, 2.24) is 19.3 Å². The van der Waals surface area contributed by atoms with Gasteiger partial charge in [-0.2, -0.15) is 18.3 Å². The molecule has 0 spiro atoms. The van der Waals surface area contributed by atoms with Crippen molar-refractivity contribution >= 4 is 34.4 Å². The smallest absolute Gasteiger partial charge is 0.281 e. The van der Waals surface area contributed by atoms with Crippen LogP contribution >= 0.6 is 23.4 Å². The Hall–Kier alpha value is -2.78. The van der Waals surface area contributed by atoms with Crippen molar-refractivity contribution in [3.05, 3.63) is 86.3 Å². The van der Waals surface area contributed by atoms with Crippen LogP contribution in [-0.2, 0) is 25.0 Å². The first-order valence-corrected chi connectivity index (χ1v) is 11.5. The van der Waals surface area contributed by atoms with E-state index in [1.165, 1.54) is 22.4 Å². The van der Waals surface area contributed by atoms with Crippen LogP contribution < -0.4 is 5.56 Å². The second-order valence-electron chi connectivity index (χ2n) is 7.50. The van der Waals surface area contributed by atoms with Crippen LogP contribution in [0.3, 0.4) is 0 Å². The molecule has 0 N–H and O–H groups in total. The zero-order chi connectivity index (χ0) is 23.8. The lowest BCUT2D eigenvalue weighted by Crippen LogP contribution is -2.25. The molecule has 5 nitrogen and oxygen atoms in total. The average molecular weight is 493 g/mol. The Balaban J connectivity index is 1.76. The van der Waals surface area contributed by atoms with Gasteiger partial charge in [-0.05, 0) is 43.2 Å². The predicted octanol–water partition coefficient (Wildman–Crippen LogP) is 5.93. The summed E-state index contributed by atoms with van der Waals surface area (Å²) in [5.74, 6) is 0.226. The van der Waals surface area contributed by atoms with Gasteiger partial charge < -0.3 is 0 Å². The molecule has 0 radical (unpaired) electrons. The Kier molecular flexibility index (Phi) is 6.54. The van der Waals surface area contributed by atoms with Crippen molar-refractivity contribution in [2.75, 3.05) is 0 Å². The molecule has 2 heterocycles. The fourth-order valence-corrected chi connectivity index (χ4v) is 4.58. The van der Waals surface area contributed by atoms with Gasteiger partial charge in [0.15, 0.2) is 10.7 Å². The van der Waals surface area contributed by atoms with Crippen molar-refractivity contribution in [1.29, 1.82) is 0 Å². The van der Waals surface area contributed by atoms with Gasteiger partial charge in [-0.1, -0.05) is 53.7 Å². The van der Waals surface area contributed by atoms with Gasteiger partial charge in [0.05, 0.1) is 17.8 Å². The molecule has 0 aliphatic carbocycles. The van der Waals surface area contributed by atoms with E-state index in [1.54, 1.807) is 29.8 Å². The summed E-state index contributed by atoms with van der Waals surface area (Å²) in [6, 6.07) is 12.3. The third-order valence-corrected chi connectivity index (χ3v) is 6.46. The van der Waals surface area contributed by atoms with Crippen molar-refractivity contribution in [2.45, 2.75) is 44.0 Å². The molecule has 10 heteroatoms. The van der Waals surface area contributed by atoms with Crippen LogP contribution in [0.25, 0.3) is 11.0 Å². The highest BCUT2D eigenvalue weighted by Crippen LogP contribution is 2.31. The Morgan fingerprint density at radius 3 is 2.48 bits per heavy atom. The maximum absolute atomic E-state index is 13.5. The highest BCUT2D eigenvalue weighted by Gasteiger charge is 2.30. The van der Waals surface area contributed by atoms with Gasteiger partial charge in [-0.3, -0.25) is 14.0 Å². The maximum Gasteiger partial charge on any atom is 0.416 e. The molecule has 0 aliphatic rings. The van der Waals surface area contributed by atoms with E-state index in [9.17, 15) is 18.0 Å². The maximum atomic E-state index is 13.5. The van der Waals surface area contributed by atoms with Crippen LogP contribution in [0.1, 0.15) is 29.3 Å². The molecular formula is C23H20ClF3N4OS. The normalized spacial score (nSPS) is 11.9. The van der Waals surface area contributed by atoms with Crippen LogP contribution in [0.4, 0.5) is 13.2 Å². The van der Waals surface area contributed by atoms with E-state index >= 15 is 0 Å². The summed E-state index contributed by atoms with van der Waals surface area (Å²) in [4.78, 5) is 18.2. The summed E-state index contributed by atoms with van der Waals surface area (Å²) < 4.78 is 42.4. The molecule has 0 saturated heterocycles. The number of alkyl halides is 3. The van der Waals surface area contributed by atoms with E-state index in [0.29, 0.717) is 39.0 Å². The van der Waals surface area contributed by atoms with E-state index in [0.717, 1.165) is 17.7 Å². The number of aryl methyl sites for hydroxylation is 2. The monoisotopic (exact) mass is 492 g/mol. The molecule has 2 aromatic heterocycles. The number of hydrogen-bond acceptors (Lipinski definition) is 4. The number of thioether (sulfide) groups is 1.